The highest BCUT2D eigenvalue weighted by atomic mass is 16.5. The van der Waals surface area contributed by atoms with E-state index in [2.05, 4.69) is 10.2 Å². The lowest BCUT2D eigenvalue weighted by Gasteiger charge is -2.34. The molecule has 150 valence electrons. The molecule has 0 unspecified atom stereocenters. The second-order valence-electron chi connectivity index (χ2n) is 7.32. The fraction of sp³-hybridized carbons (Fsp3) is 0.600. The Morgan fingerprint density at radius 3 is 2.30 bits per heavy atom. The molecule has 0 radical (unpaired) electrons. The number of amides is 2. The van der Waals surface area contributed by atoms with Crippen LogP contribution in [0.5, 0.6) is 11.5 Å². The molecule has 2 amide bonds. The van der Waals surface area contributed by atoms with Gasteiger partial charge in [-0.05, 0) is 45.9 Å². The van der Waals surface area contributed by atoms with Crippen molar-refractivity contribution in [2.75, 3.05) is 39.8 Å². The van der Waals surface area contributed by atoms with Crippen molar-refractivity contribution in [2.24, 2.45) is 0 Å². The summed E-state index contributed by atoms with van der Waals surface area (Å²) in [6.45, 7) is 10.7. The van der Waals surface area contributed by atoms with Crippen LogP contribution in [0.4, 0.5) is 0 Å². The van der Waals surface area contributed by atoms with Crippen molar-refractivity contribution >= 4 is 11.8 Å². The monoisotopic (exact) mass is 377 g/mol. The van der Waals surface area contributed by atoms with Gasteiger partial charge < -0.3 is 19.7 Å². The van der Waals surface area contributed by atoms with E-state index in [0.717, 1.165) is 0 Å². The highest BCUT2D eigenvalue weighted by Gasteiger charge is 2.24. The largest absolute Gasteiger partial charge is 0.493 e. The van der Waals surface area contributed by atoms with Gasteiger partial charge in [0.1, 0.15) is 0 Å². The number of hydrogen-bond donors (Lipinski definition) is 1. The molecule has 0 spiro atoms. The lowest BCUT2D eigenvalue weighted by atomic mass is 10.1. The molecule has 1 aromatic rings. The first-order chi connectivity index (χ1) is 12.8. The second kappa shape index (κ2) is 9.60. The highest BCUT2D eigenvalue weighted by molar-refractivity contribution is 5.95. The van der Waals surface area contributed by atoms with Crippen LogP contribution in [0.1, 0.15) is 38.1 Å². The number of nitrogens with one attached hydrogen (secondary N) is 1. The van der Waals surface area contributed by atoms with Gasteiger partial charge in [0, 0.05) is 37.8 Å². The topological polar surface area (TPSA) is 71.1 Å². The number of nitrogens with zero attached hydrogens (tertiary/aromatic N) is 2. The molecule has 27 heavy (non-hydrogen) atoms. The summed E-state index contributed by atoms with van der Waals surface area (Å²) in [6, 6.07) is 5.41. The van der Waals surface area contributed by atoms with E-state index in [1.165, 1.54) is 0 Å². The minimum atomic E-state index is -0.0318. The number of ether oxygens (including phenoxy) is 2. The van der Waals surface area contributed by atoms with Crippen molar-refractivity contribution in [1.82, 2.24) is 15.1 Å². The maximum atomic E-state index is 12.8. The summed E-state index contributed by atoms with van der Waals surface area (Å²) in [5, 5.41) is 2.89. The van der Waals surface area contributed by atoms with Crippen LogP contribution in [-0.4, -0.2) is 73.6 Å². The Kier molecular flexibility index (Phi) is 7.47. The van der Waals surface area contributed by atoms with Crippen LogP contribution in [0.2, 0.25) is 0 Å². The van der Waals surface area contributed by atoms with Gasteiger partial charge in [0.25, 0.3) is 5.91 Å². The van der Waals surface area contributed by atoms with Gasteiger partial charge in [-0.25, -0.2) is 0 Å². The minimum Gasteiger partial charge on any atom is -0.493 e. The molecule has 0 aliphatic carbocycles. The number of rotatable bonds is 7. The smallest absolute Gasteiger partial charge is 0.254 e. The summed E-state index contributed by atoms with van der Waals surface area (Å²) in [7, 11) is 1.57. The molecule has 0 bridgehead atoms. The normalized spacial score (nSPS) is 15.1. The van der Waals surface area contributed by atoms with Crippen LogP contribution in [0.25, 0.3) is 0 Å². The lowest BCUT2D eigenvalue weighted by molar-refractivity contribution is -0.123. The molecule has 0 aromatic heterocycles. The van der Waals surface area contributed by atoms with Crippen LogP contribution in [0, 0.1) is 0 Å². The highest BCUT2D eigenvalue weighted by Crippen LogP contribution is 2.29. The SMILES string of the molecule is COc1cc(C(=O)N2CCN(CC(=O)NC(C)C)CC2)ccc1OC(C)C. The number of hydrogen-bond acceptors (Lipinski definition) is 5. The summed E-state index contributed by atoms with van der Waals surface area (Å²) in [4.78, 5) is 28.6. The average molecular weight is 377 g/mol. The predicted octanol–water partition coefficient (Wildman–Crippen LogP) is 1.76. The Bertz CT molecular complexity index is 653. The Hall–Kier alpha value is -2.28. The van der Waals surface area contributed by atoms with Crippen molar-refractivity contribution in [3.63, 3.8) is 0 Å². The summed E-state index contributed by atoms with van der Waals surface area (Å²) in [5.74, 6) is 1.18. The summed E-state index contributed by atoms with van der Waals surface area (Å²) < 4.78 is 11.1. The molecule has 1 aliphatic rings. The Labute approximate surface area is 161 Å². The van der Waals surface area contributed by atoms with Crippen LogP contribution in [0.15, 0.2) is 18.2 Å². The Morgan fingerprint density at radius 2 is 1.74 bits per heavy atom. The third kappa shape index (κ3) is 6.13. The summed E-state index contributed by atoms with van der Waals surface area (Å²) in [6.07, 6.45) is 0.0291. The number of piperazine rings is 1. The van der Waals surface area contributed by atoms with Gasteiger partial charge in [0.15, 0.2) is 11.5 Å². The molecule has 7 nitrogen and oxygen atoms in total. The molecule has 2 rings (SSSR count). The first kappa shape index (κ1) is 21.0. The first-order valence-corrected chi connectivity index (χ1v) is 9.45. The van der Waals surface area contributed by atoms with E-state index >= 15 is 0 Å². The van der Waals surface area contributed by atoms with E-state index in [9.17, 15) is 9.59 Å². The zero-order chi connectivity index (χ0) is 20.0. The van der Waals surface area contributed by atoms with Crippen molar-refractivity contribution < 1.29 is 19.1 Å². The number of carbonyl (C=O) groups is 2. The fourth-order valence-corrected chi connectivity index (χ4v) is 3.01. The van der Waals surface area contributed by atoms with E-state index in [0.29, 0.717) is 49.8 Å². The maximum absolute atomic E-state index is 12.8. The molecule has 1 heterocycles. The molecule has 1 aliphatic heterocycles. The number of benzene rings is 1. The van der Waals surface area contributed by atoms with Gasteiger partial charge in [-0.15, -0.1) is 0 Å². The number of methoxy groups -OCH3 is 1. The predicted molar refractivity (Wildman–Crippen MR) is 104 cm³/mol. The number of carbonyl (C=O) groups excluding carboxylic acids is 2. The second-order valence-corrected chi connectivity index (χ2v) is 7.32. The summed E-state index contributed by atoms with van der Waals surface area (Å²) >= 11 is 0. The van der Waals surface area contributed by atoms with Gasteiger partial charge in [-0.2, -0.15) is 0 Å². The minimum absolute atomic E-state index is 0.0234. The first-order valence-electron chi connectivity index (χ1n) is 9.45. The third-order valence-corrected chi connectivity index (χ3v) is 4.25. The molecular formula is C20H31N3O4. The van der Waals surface area contributed by atoms with Crippen molar-refractivity contribution in [1.29, 1.82) is 0 Å². The molecule has 1 fully saturated rings. The van der Waals surface area contributed by atoms with Gasteiger partial charge in [0.2, 0.25) is 5.91 Å². The molecule has 0 saturated carbocycles. The van der Waals surface area contributed by atoms with Crippen molar-refractivity contribution in [2.45, 2.75) is 39.8 Å². The van der Waals surface area contributed by atoms with Crippen molar-refractivity contribution in [3.8, 4) is 11.5 Å². The van der Waals surface area contributed by atoms with Gasteiger partial charge in [-0.1, -0.05) is 0 Å². The molecule has 1 aromatic carbocycles. The summed E-state index contributed by atoms with van der Waals surface area (Å²) in [5.41, 5.74) is 0.578. The molecule has 1 saturated heterocycles. The van der Waals surface area contributed by atoms with E-state index in [1.54, 1.807) is 25.3 Å². The lowest BCUT2D eigenvalue weighted by Crippen LogP contribution is -2.51. The zero-order valence-corrected chi connectivity index (χ0v) is 16.9. The van der Waals surface area contributed by atoms with Gasteiger partial charge >= 0.3 is 0 Å². The third-order valence-electron chi connectivity index (χ3n) is 4.25. The van der Waals surface area contributed by atoms with Crippen molar-refractivity contribution in [3.05, 3.63) is 23.8 Å². The quantitative estimate of drug-likeness (QED) is 0.784. The molecular weight excluding hydrogens is 346 g/mol. The Balaban J connectivity index is 1.94. The standard InChI is InChI=1S/C20H31N3O4/c1-14(2)21-19(24)13-22-8-10-23(11-9-22)20(25)16-6-7-17(27-15(3)4)18(12-16)26-5/h6-7,12,14-15H,8-11,13H2,1-5H3,(H,21,24). The maximum Gasteiger partial charge on any atom is 0.254 e. The average Bonchev–Trinajstić information content (AvgIpc) is 2.61. The van der Waals surface area contributed by atoms with E-state index < -0.39 is 0 Å². The molecule has 0 atom stereocenters. The fourth-order valence-electron chi connectivity index (χ4n) is 3.01. The Morgan fingerprint density at radius 1 is 1.07 bits per heavy atom. The van der Waals surface area contributed by atoms with E-state index in [-0.39, 0.29) is 24.0 Å². The molecule has 1 N–H and O–H groups in total. The van der Waals surface area contributed by atoms with Crippen LogP contribution in [-0.2, 0) is 4.79 Å². The van der Waals surface area contributed by atoms with E-state index in [4.69, 9.17) is 9.47 Å². The zero-order valence-electron chi connectivity index (χ0n) is 16.9. The van der Waals surface area contributed by atoms with Crippen LogP contribution >= 0.6 is 0 Å². The van der Waals surface area contributed by atoms with Crippen LogP contribution < -0.4 is 14.8 Å². The van der Waals surface area contributed by atoms with E-state index in [1.807, 2.05) is 32.6 Å². The van der Waals surface area contributed by atoms with Gasteiger partial charge in [-0.3, -0.25) is 14.5 Å². The van der Waals surface area contributed by atoms with Crippen LogP contribution in [0.3, 0.4) is 0 Å². The molecule has 7 heteroatoms. The van der Waals surface area contributed by atoms with Gasteiger partial charge in [0.05, 0.1) is 19.8 Å².